The molecule has 1 aliphatic rings. The van der Waals surface area contributed by atoms with E-state index in [9.17, 15) is 4.79 Å². The molecule has 0 aliphatic heterocycles. The van der Waals surface area contributed by atoms with Gasteiger partial charge in [-0.15, -0.1) is 11.6 Å². The van der Waals surface area contributed by atoms with Gasteiger partial charge in [-0.2, -0.15) is 0 Å². The summed E-state index contributed by atoms with van der Waals surface area (Å²) in [4.78, 5) is 16.9. The SMILES string of the molecule is O=c1[nH]c2cc(Br)c(C(Cl)C3Cc4ccccc43)cc2[nH]1. The zero-order chi connectivity index (χ0) is 14.6. The highest BCUT2D eigenvalue weighted by molar-refractivity contribution is 9.10. The Morgan fingerprint density at radius 1 is 1.19 bits per heavy atom. The van der Waals surface area contributed by atoms with Crippen LogP contribution in [0.2, 0.25) is 0 Å². The molecule has 2 N–H and O–H groups in total. The predicted octanol–water partition coefficient (Wildman–Crippen LogP) is 4.24. The number of hydrogen-bond donors (Lipinski definition) is 2. The van der Waals surface area contributed by atoms with E-state index >= 15 is 0 Å². The summed E-state index contributed by atoms with van der Waals surface area (Å²) in [5.41, 5.74) is 5.09. The first-order valence-corrected chi connectivity index (χ1v) is 8.00. The van der Waals surface area contributed by atoms with Crippen LogP contribution < -0.4 is 5.69 Å². The summed E-state index contributed by atoms with van der Waals surface area (Å²) in [6, 6.07) is 12.3. The van der Waals surface area contributed by atoms with Gasteiger partial charge < -0.3 is 9.97 Å². The lowest BCUT2D eigenvalue weighted by Crippen LogP contribution is -2.21. The van der Waals surface area contributed by atoms with E-state index in [2.05, 4.69) is 50.2 Å². The van der Waals surface area contributed by atoms with Crippen molar-refractivity contribution < 1.29 is 0 Å². The summed E-state index contributed by atoms with van der Waals surface area (Å²) < 4.78 is 0.926. The van der Waals surface area contributed by atoms with Crippen LogP contribution in [-0.2, 0) is 6.42 Å². The van der Waals surface area contributed by atoms with Crippen LogP contribution in [0.4, 0.5) is 0 Å². The fourth-order valence-corrected chi connectivity index (χ4v) is 4.19. The molecule has 2 atom stereocenters. The molecule has 0 saturated carbocycles. The van der Waals surface area contributed by atoms with Crippen LogP contribution in [-0.4, -0.2) is 9.97 Å². The van der Waals surface area contributed by atoms with E-state index < -0.39 is 0 Å². The molecule has 0 amide bonds. The maximum atomic E-state index is 11.4. The van der Waals surface area contributed by atoms with Crippen molar-refractivity contribution in [2.45, 2.75) is 17.7 Å². The molecule has 1 aromatic heterocycles. The van der Waals surface area contributed by atoms with Crippen molar-refractivity contribution in [1.82, 2.24) is 9.97 Å². The molecule has 3 aromatic rings. The number of alkyl halides is 1. The van der Waals surface area contributed by atoms with Gasteiger partial charge >= 0.3 is 5.69 Å². The Hall–Kier alpha value is -1.52. The van der Waals surface area contributed by atoms with E-state index in [0.717, 1.165) is 27.5 Å². The minimum absolute atomic E-state index is 0.114. The highest BCUT2D eigenvalue weighted by atomic mass is 79.9. The minimum atomic E-state index is -0.200. The fourth-order valence-electron chi connectivity index (χ4n) is 3.06. The number of fused-ring (bicyclic) bond motifs is 2. The summed E-state index contributed by atoms with van der Waals surface area (Å²) in [5.74, 6) is 0.322. The topological polar surface area (TPSA) is 48.6 Å². The number of aromatic amines is 2. The Morgan fingerprint density at radius 3 is 2.67 bits per heavy atom. The second-order valence-electron chi connectivity index (χ2n) is 5.41. The zero-order valence-electron chi connectivity index (χ0n) is 11.0. The van der Waals surface area contributed by atoms with Gasteiger partial charge in [0.25, 0.3) is 0 Å². The molecule has 0 saturated heterocycles. The van der Waals surface area contributed by atoms with Crippen LogP contribution in [0.1, 0.15) is 28.0 Å². The monoisotopic (exact) mass is 362 g/mol. The molecule has 0 spiro atoms. The van der Waals surface area contributed by atoms with Crippen molar-refractivity contribution in [3.05, 3.63) is 68.0 Å². The third-order valence-corrected chi connectivity index (χ3v) is 5.40. The Kier molecular flexibility index (Phi) is 2.98. The van der Waals surface area contributed by atoms with Crippen molar-refractivity contribution in [3.8, 4) is 0 Å². The van der Waals surface area contributed by atoms with Crippen molar-refractivity contribution in [2.75, 3.05) is 0 Å². The van der Waals surface area contributed by atoms with Crippen LogP contribution in [0, 0.1) is 0 Å². The van der Waals surface area contributed by atoms with E-state index in [-0.39, 0.29) is 11.1 Å². The van der Waals surface area contributed by atoms with Gasteiger partial charge in [-0.1, -0.05) is 40.2 Å². The molecule has 0 bridgehead atoms. The van der Waals surface area contributed by atoms with Crippen LogP contribution in [0.15, 0.2) is 45.7 Å². The summed E-state index contributed by atoms with van der Waals surface area (Å²) in [6.45, 7) is 0. The summed E-state index contributed by atoms with van der Waals surface area (Å²) in [5, 5.41) is -0.114. The third-order valence-electron chi connectivity index (χ3n) is 4.18. The molecule has 1 aliphatic carbocycles. The molecule has 2 unspecified atom stereocenters. The standard InChI is InChI=1S/C16H12BrClN2O/c17-12-7-14-13(19-16(21)20-14)6-11(12)15(18)10-5-8-3-1-2-4-9(8)10/h1-4,6-7,10,15H,5H2,(H2,19,20,21). The number of aromatic nitrogens is 2. The average Bonchev–Trinajstić information content (AvgIpc) is 2.78. The first-order valence-electron chi connectivity index (χ1n) is 6.77. The number of halogens is 2. The van der Waals surface area contributed by atoms with Crippen molar-refractivity contribution >= 4 is 38.6 Å². The Bertz CT molecular complexity index is 899. The lowest BCUT2D eigenvalue weighted by Gasteiger charge is -2.34. The number of imidazole rings is 1. The highest BCUT2D eigenvalue weighted by Gasteiger charge is 2.33. The van der Waals surface area contributed by atoms with Gasteiger partial charge in [0.2, 0.25) is 0 Å². The van der Waals surface area contributed by atoms with E-state index in [1.165, 1.54) is 11.1 Å². The van der Waals surface area contributed by atoms with Gasteiger partial charge in [0.1, 0.15) is 0 Å². The van der Waals surface area contributed by atoms with E-state index in [4.69, 9.17) is 11.6 Å². The van der Waals surface area contributed by atoms with Crippen molar-refractivity contribution in [3.63, 3.8) is 0 Å². The highest BCUT2D eigenvalue weighted by Crippen LogP contribution is 2.48. The van der Waals surface area contributed by atoms with Gasteiger partial charge in [0, 0.05) is 10.4 Å². The fraction of sp³-hybridized carbons (Fsp3) is 0.188. The van der Waals surface area contributed by atoms with Gasteiger partial charge in [0.15, 0.2) is 0 Å². The average molecular weight is 364 g/mol. The van der Waals surface area contributed by atoms with Gasteiger partial charge in [-0.25, -0.2) is 4.79 Å². The predicted molar refractivity (Wildman–Crippen MR) is 88.1 cm³/mol. The maximum absolute atomic E-state index is 11.4. The zero-order valence-corrected chi connectivity index (χ0v) is 13.3. The Labute approximate surface area is 134 Å². The maximum Gasteiger partial charge on any atom is 0.323 e. The Balaban J connectivity index is 1.76. The van der Waals surface area contributed by atoms with Crippen LogP contribution in [0.5, 0.6) is 0 Å². The quantitative estimate of drug-likeness (QED) is 0.657. The number of hydrogen-bond acceptors (Lipinski definition) is 1. The molecule has 0 radical (unpaired) electrons. The molecular weight excluding hydrogens is 352 g/mol. The largest absolute Gasteiger partial charge is 0.323 e. The number of rotatable bonds is 2. The molecule has 5 heteroatoms. The van der Waals surface area contributed by atoms with Gasteiger partial charge in [-0.05, 0) is 35.2 Å². The van der Waals surface area contributed by atoms with Crippen LogP contribution in [0.25, 0.3) is 11.0 Å². The lowest BCUT2D eigenvalue weighted by atomic mass is 9.74. The van der Waals surface area contributed by atoms with E-state index in [0.29, 0.717) is 5.92 Å². The number of H-pyrrole nitrogens is 2. The number of benzene rings is 2. The first-order chi connectivity index (χ1) is 10.1. The number of nitrogens with one attached hydrogen (secondary N) is 2. The molecule has 3 nitrogen and oxygen atoms in total. The summed E-state index contributed by atoms with van der Waals surface area (Å²) in [6.07, 6.45) is 0.998. The molecule has 4 rings (SSSR count). The van der Waals surface area contributed by atoms with Crippen LogP contribution in [0.3, 0.4) is 0 Å². The molecular formula is C16H12BrClN2O. The molecule has 21 heavy (non-hydrogen) atoms. The Morgan fingerprint density at radius 2 is 1.90 bits per heavy atom. The smallest absolute Gasteiger partial charge is 0.306 e. The van der Waals surface area contributed by atoms with Crippen molar-refractivity contribution in [1.29, 1.82) is 0 Å². The molecule has 106 valence electrons. The minimum Gasteiger partial charge on any atom is -0.306 e. The molecule has 0 fully saturated rings. The summed E-state index contributed by atoms with van der Waals surface area (Å²) >= 11 is 10.3. The molecule has 1 heterocycles. The van der Waals surface area contributed by atoms with E-state index in [1.54, 1.807) is 0 Å². The van der Waals surface area contributed by atoms with Crippen LogP contribution >= 0.6 is 27.5 Å². The first kappa shape index (κ1) is 13.2. The van der Waals surface area contributed by atoms with Gasteiger partial charge in [-0.3, -0.25) is 0 Å². The lowest BCUT2D eigenvalue weighted by molar-refractivity contribution is 0.586. The van der Waals surface area contributed by atoms with Crippen molar-refractivity contribution in [2.24, 2.45) is 0 Å². The normalized spacial score (nSPS) is 18.3. The molecule has 2 aromatic carbocycles. The third kappa shape index (κ3) is 2.05. The second-order valence-corrected chi connectivity index (χ2v) is 6.73. The van der Waals surface area contributed by atoms with Gasteiger partial charge in [0.05, 0.1) is 16.4 Å². The second kappa shape index (κ2) is 4.75. The van der Waals surface area contributed by atoms with E-state index in [1.807, 2.05) is 12.1 Å². The summed E-state index contributed by atoms with van der Waals surface area (Å²) in [7, 11) is 0.